The van der Waals surface area contributed by atoms with Crippen molar-refractivity contribution in [2.45, 2.75) is 81.6 Å². The molecule has 2 atom stereocenters. The number of nitrogens with one attached hydrogen (secondary N) is 2. The summed E-state index contributed by atoms with van der Waals surface area (Å²) in [6, 6.07) is 27.3. The van der Waals surface area contributed by atoms with Gasteiger partial charge in [0.25, 0.3) is 0 Å². The Morgan fingerprint density at radius 1 is 0.586 bits per heavy atom. The number of aliphatic hydroxyl groups is 2. The number of nitrogens with zero attached hydrogens (tertiary/aromatic N) is 4. The van der Waals surface area contributed by atoms with Crippen molar-refractivity contribution in [3.05, 3.63) is 118 Å². The number of alkyl halides is 3. The third-order valence-corrected chi connectivity index (χ3v) is 16.1. The lowest BCUT2D eigenvalue weighted by atomic mass is 9.88. The summed E-state index contributed by atoms with van der Waals surface area (Å²) in [5, 5.41) is 30.2. The number of β-amino-alcohol motifs (C(OH)–C–C–N with tert-alkyl or cyclic N) is 2. The summed E-state index contributed by atoms with van der Waals surface area (Å²) < 4.78 is 49.4. The molecule has 8 rings (SSSR count). The van der Waals surface area contributed by atoms with Gasteiger partial charge in [-0.15, -0.1) is 0 Å². The lowest BCUT2D eigenvalue weighted by molar-refractivity contribution is -0.137. The zero-order valence-electron chi connectivity index (χ0n) is 40.1. The average Bonchev–Trinajstić information content (AvgIpc) is 3.38. The second-order valence-electron chi connectivity index (χ2n) is 19.0. The van der Waals surface area contributed by atoms with Gasteiger partial charge in [-0.1, -0.05) is 53.5 Å². The summed E-state index contributed by atoms with van der Waals surface area (Å²) in [6.45, 7) is 8.46. The number of piperidine rings is 4. The first-order valence-electron chi connectivity index (χ1n) is 24.5. The van der Waals surface area contributed by atoms with E-state index in [0.29, 0.717) is 63.3 Å². The second-order valence-corrected chi connectivity index (χ2v) is 20.6. The third kappa shape index (κ3) is 15.3. The van der Waals surface area contributed by atoms with Crippen molar-refractivity contribution in [2.24, 2.45) is 11.8 Å². The molecular formula is C53H67Cl2F3N6O4S2. The molecule has 0 amide bonds. The standard InChI is InChI=1S/C27H34F3N3O2S.C26H33Cl2N3O2S/c1-35-24-7-5-19(6-8-24)20-9-13-32(14-10-20)18-25(34)21-11-15-33(16-12-21)26(36)31-23-4-2-3-22(17-23)27(28,29)30;1-33-22-5-2-18(3-6-22)19-8-12-30(13-9-19)17-25(32)20-10-14-31(15-11-20)26(34)29-21-4-7-23(27)24(28)16-21/h2-8,17,20-21,25,34H,9-16,18H2,1H3,(H,31,36);2-7,16,19-20,25,32H,8-15,17H2,1H3,(H,29,34). The highest BCUT2D eigenvalue weighted by Crippen LogP contribution is 2.34. The van der Waals surface area contributed by atoms with Gasteiger partial charge in [0.15, 0.2) is 10.2 Å². The van der Waals surface area contributed by atoms with E-state index in [4.69, 9.17) is 57.1 Å². The van der Waals surface area contributed by atoms with Crippen LogP contribution in [-0.2, 0) is 6.18 Å². The van der Waals surface area contributed by atoms with Crippen molar-refractivity contribution < 1.29 is 32.9 Å². The maximum atomic E-state index is 13.0. The minimum Gasteiger partial charge on any atom is -0.497 e. The van der Waals surface area contributed by atoms with Crippen LogP contribution in [0.15, 0.2) is 91.0 Å². The minimum absolute atomic E-state index is 0.192. The van der Waals surface area contributed by atoms with Crippen LogP contribution in [0.5, 0.6) is 11.5 Å². The Hall–Kier alpha value is -3.93. The molecule has 4 aliphatic heterocycles. The van der Waals surface area contributed by atoms with E-state index in [1.54, 1.807) is 32.4 Å². The van der Waals surface area contributed by atoms with E-state index in [0.717, 1.165) is 126 Å². The van der Waals surface area contributed by atoms with E-state index >= 15 is 0 Å². The van der Waals surface area contributed by atoms with Gasteiger partial charge in [0.05, 0.1) is 42.0 Å². The van der Waals surface area contributed by atoms with E-state index in [2.05, 4.69) is 49.6 Å². The number of rotatable bonds is 12. The van der Waals surface area contributed by atoms with Crippen LogP contribution >= 0.6 is 47.6 Å². The van der Waals surface area contributed by atoms with E-state index in [1.165, 1.54) is 17.2 Å². The van der Waals surface area contributed by atoms with E-state index in [9.17, 15) is 23.4 Å². The highest BCUT2D eigenvalue weighted by molar-refractivity contribution is 7.80. The van der Waals surface area contributed by atoms with Gasteiger partial charge in [-0.3, -0.25) is 0 Å². The largest absolute Gasteiger partial charge is 0.497 e. The van der Waals surface area contributed by atoms with Gasteiger partial charge in [0, 0.05) is 50.6 Å². The number of benzene rings is 4. The van der Waals surface area contributed by atoms with Crippen LogP contribution in [0.1, 0.15) is 79.9 Å². The Morgan fingerprint density at radius 2 is 1.00 bits per heavy atom. The zero-order chi connectivity index (χ0) is 49.8. The molecule has 0 spiro atoms. The Bertz CT molecular complexity index is 2290. The van der Waals surface area contributed by atoms with Crippen molar-refractivity contribution in [2.75, 3.05) is 90.3 Å². The maximum Gasteiger partial charge on any atom is 0.416 e. The summed E-state index contributed by atoms with van der Waals surface area (Å²) in [4.78, 5) is 8.92. The summed E-state index contributed by atoms with van der Waals surface area (Å²) in [5.74, 6) is 3.41. The SMILES string of the molecule is COc1ccc(C2CCN(CC(O)C3CCN(C(=S)Nc4ccc(Cl)c(Cl)c4)CC3)CC2)cc1.COc1ccc(C2CCN(CC(O)C3CCN(C(=S)Nc4cccc(C(F)(F)F)c4)CC3)CC2)cc1. The molecule has 70 heavy (non-hydrogen) atoms. The molecule has 10 nitrogen and oxygen atoms in total. The molecular weight excluding hydrogens is 977 g/mol. The number of ether oxygens (including phenoxy) is 2. The summed E-state index contributed by atoms with van der Waals surface area (Å²) in [6.07, 6.45) is 2.81. The second kappa shape index (κ2) is 25.6. The first-order valence-corrected chi connectivity index (χ1v) is 26.1. The van der Waals surface area contributed by atoms with Crippen LogP contribution < -0.4 is 20.1 Å². The first-order chi connectivity index (χ1) is 33.6. The highest BCUT2D eigenvalue weighted by Gasteiger charge is 2.33. The summed E-state index contributed by atoms with van der Waals surface area (Å²) in [5.41, 5.74) is 3.19. The van der Waals surface area contributed by atoms with Gasteiger partial charge in [0.2, 0.25) is 0 Å². The molecule has 0 radical (unpaired) electrons. The van der Waals surface area contributed by atoms with Crippen LogP contribution in [0.2, 0.25) is 10.0 Å². The van der Waals surface area contributed by atoms with Crippen LogP contribution in [0, 0.1) is 11.8 Å². The van der Waals surface area contributed by atoms with Gasteiger partial charge >= 0.3 is 6.18 Å². The molecule has 4 saturated heterocycles. The summed E-state index contributed by atoms with van der Waals surface area (Å²) >= 11 is 23.1. The highest BCUT2D eigenvalue weighted by atomic mass is 35.5. The number of thiocarbonyl (C=S) groups is 2. The predicted octanol–water partition coefficient (Wildman–Crippen LogP) is 11.0. The molecule has 4 aromatic rings. The fourth-order valence-electron chi connectivity index (χ4n) is 10.2. The number of halogens is 5. The van der Waals surface area contributed by atoms with Crippen molar-refractivity contribution in [3.8, 4) is 11.5 Å². The maximum absolute atomic E-state index is 13.0. The van der Waals surface area contributed by atoms with E-state index < -0.39 is 17.8 Å². The van der Waals surface area contributed by atoms with Crippen LogP contribution in [0.25, 0.3) is 0 Å². The number of hydrogen-bond donors (Lipinski definition) is 4. The molecule has 17 heteroatoms. The van der Waals surface area contributed by atoms with Crippen LogP contribution in [0.3, 0.4) is 0 Å². The smallest absolute Gasteiger partial charge is 0.416 e. The lowest BCUT2D eigenvalue weighted by Crippen LogP contribution is -2.46. The van der Waals surface area contributed by atoms with Gasteiger partial charge < -0.3 is 49.9 Å². The van der Waals surface area contributed by atoms with Crippen molar-refractivity contribution in [1.29, 1.82) is 0 Å². The topological polar surface area (TPSA) is 95.9 Å². The number of hydrogen-bond acceptors (Lipinski definition) is 8. The van der Waals surface area contributed by atoms with Gasteiger partial charge in [0.1, 0.15) is 11.5 Å². The first kappa shape index (κ1) is 53.9. The molecule has 4 N–H and O–H groups in total. The quantitative estimate of drug-likeness (QED) is 0.102. The number of anilines is 2. The monoisotopic (exact) mass is 1040 g/mol. The molecule has 0 aromatic heterocycles. The average molecular weight is 1040 g/mol. The molecule has 0 aliphatic carbocycles. The Kier molecular flexibility index (Phi) is 19.7. The van der Waals surface area contributed by atoms with Gasteiger partial charge in [-0.25, -0.2) is 0 Å². The lowest BCUT2D eigenvalue weighted by Gasteiger charge is -2.38. The molecule has 4 fully saturated rings. The Labute approximate surface area is 432 Å². The van der Waals surface area contributed by atoms with Gasteiger partial charge in [-0.05, 0) is 197 Å². The molecule has 4 aromatic carbocycles. The molecule has 0 bridgehead atoms. The molecule has 380 valence electrons. The fraction of sp³-hybridized carbons (Fsp3) is 0.509. The summed E-state index contributed by atoms with van der Waals surface area (Å²) in [7, 11) is 3.38. The number of aliphatic hydroxyl groups excluding tert-OH is 2. The van der Waals surface area contributed by atoms with Gasteiger partial charge in [-0.2, -0.15) is 13.2 Å². The third-order valence-electron chi connectivity index (χ3n) is 14.6. The number of methoxy groups -OCH3 is 2. The van der Waals surface area contributed by atoms with Crippen molar-refractivity contribution in [1.82, 2.24) is 19.6 Å². The minimum atomic E-state index is -4.39. The zero-order valence-corrected chi connectivity index (χ0v) is 43.2. The Balaban J connectivity index is 0.000000207. The molecule has 0 saturated carbocycles. The van der Waals surface area contributed by atoms with E-state index in [1.807, 2.05) is 35.2 Å². The number of likely N-dealkylation sites (tertiary alicyclic amines) is 4. The molecule has 2 unspecified atom stereocenters. The molecule has 4 heterocycles. The normalized spacial score (nSPS) is 19.2. The van der Waals surface area contributed by atoms with Crippen LogP contribution in [-0.4, -0.2) is 132 Å². The van der Waals surface area contributed by atoms with E-state index in [-0.39, 0.29) is 12.0 Å². The Morgan fingerprint density at radius 3 is 1.39 bits per heavy atom. The molecule has 4 aliphatic rings. The predicted molar refractivity (Wildman–Crippen MR) is 284 cm³/mol. The van der Waals surface area contributed by atoms with Crippen LogP contribution in [0.4, 0.5) is 24.5 Å². The fourth-order valence-corrected chi connectivity index (χ4v) is 11.1. The van der Waals surface area contributed by atoms with Crippen molar-refractivity contribution in [3.63, 3.8) is 0 Å². The van der Waals surface area contributed by atoms with Crippen molar-refractivity contribution >= 4 is 69.2 Å².